The molecule has 40 heavy (non-hydrogen) atoms. The maximum Gasteiger partial charge on any atom is 0.253 e. The van der Waals surface area contributed by atoms with Gasteiger partial charge >= 0.3 is 0 Å². The third-order valence-corrected chi connectivity index (χ3v) is 7.25. The van der Waals surface area contributed by atoms with Crippen LogP contribution in [0, 0.1) is 23.5 Å². The average Bonchev–Trinajstić information content (AvgIpc) is 3.77. The summed E-state index contributed by atoms with van der Waals surface area (Å²) in [6.45, 7) is 7.70. The van der Waals surface area contributed by atoms with Crippen molar-refractivity contribution in [3.05, 3.63) is 70.8 Å². The van der Waals surface area contributed by atoms with E-state index in [0.717, 1.165) is 37.8 Å². The number of hydrogen-bond donors (Lipinski definition) is 3. The lowest BCUT2D eigenvalue weighted by Gasteiger charge is -2.27. The molecular weight excluding hydrogens is 514 g/mol. The number of carbonyl (C=O) groups excluding carboxylic acids is 3. The van der Waals surface area contributed by atoms with E-state index in [1.54, 1.807) is 36.1 Å². The van der Waals surface area contributed by atoms with E-state index in [2.05, 4.69) is 10.6 Å². The SMILES string of the molecule is CCCN(CCC)C(=O)c1cccc(C(=O)N[C@@H](Cc2ccc(F)c(F)c2)[C@@H](N)C[C@@H](C)C(=O)NCC2CC2)c1. The Balaban J connectivity index is 1.76. The van der Waals surface area contributed by atoms with Gasteiger partial charge in [0.1, 0.15) is 0 Å². The van der Waals surface area contributed by atoms with E-state index >= 15 is 0 Å². The molecule has 0 aliphatic heterocycles. The monoisotopic (exact) mass is 556 g/mol. The van der Waals surface area contributed by atoms with Crippen molar-refractivity contribution >= 4 is 17.7 Å². The number of nitrogens with two attached hydrogens (primary N) is 1. The van der Waals surface area contributed by atoms with E-state index in [1.807, 2.05) is 13.8 Å². The van der Waals surface area contributed by atoms with E-state index in [1.165, 1.54) is 6.07 Å². The van der Waals surface area contributed by atoms with Gasteiger partial charge in [-0.2, -0.15) is 0 Å². The Bertz CT molecular complexity index is 1170. The summed E-state index contributed by atoms with van der Waals surface area (Å²) in [4.78, 5) is 40.8. The molecule has 1 aliphatic carbocycles. The van der Waals surface area contributed by atoms with Gasteiger partial charge in [0.15, 0.2) is 11.6 Å². The molecule has 1 fully saturated rings. The Labute approximate surface area is 235 Å². The third-order valence-electron chi connectivity index (χ3n) is 7.25. The molecular formula is C31H42F2N4O3. The van der Waals surface area contributed by atoms with Crippen LogP contribution in [0.15, 0.2) is 42.5 Å². The predicted octanol–water partition coefficient (Wildman–Crippen LogP) is 4.45. The van der Waals surface area contributed by atoms with Crippen LogP contribution >= 0.6 is 0 Å². The summed E-state index contributed by atoms with van der Waals surface area (Å²) in [5.41, 5.74) is 7.69. The fourth-order valence-electron chi connectivity index (χ4n) is 4.73. The normalized spacial score (nSPS) is 15.2. The highest BCUT2D eigenvalue weighted by Gasteiger charge is 2.28. The van der Waals surface area contributed by atoms with Crippen LogP contribution in [0.25, 0.3) is 0 Å². The Morgan fingerprint density at radius 1 is 1.00 bits per heavy atom. The Kier molecular flexibility index (Phi) is 11.6. The van der Waals surface area contributed by atoms with Gasteiger partial charge < -0.3 is 21.3 Å². The Morgan fingerprint density at radius 2 is 1.68 bits per heavy atom. The molecule has 4 N–H and O–H groups in total. The highest BCUT2D eigenvalue weighted by atomic mass is 19.2. The maximum absolute atomic E-state index is 13.9. The molecule has 3 atom stereocenters. The summed E-state index contributed by atoms with van der Waals surface area (Å²) in [5, 5.41) is 5.88. The molecule has 1 saturated carbocycles. The molecule has 3 rings (SSSR count). The van der Waals surface area contributed by atoms with Crippen LogP contribution in [0.4, 0.5) is 8.78 Å². The lowest BCUT2D eigenvalue weighted by atomic mass is 9.91. The van der Waals surface area contributed by atoms with Gasteiger partial charge in [-0.1, -0.05) is 32.9 Å². The van der Waals surface area contributed by atoms with Crippen LogP contribution in [0.5, 0.6) is 0 Å². The number of amides is 3. The van der Waals surface area contributed by atoms with Crippen LogP contribution in [0.1, 0.15) is 79.2 Å². The smallest absolute Gasteiger partial charge is 0.253 e. The fraction of sp³-hybridized carbons (Fsp3) is 0.516. The largest absolute Gasteiger partial charge is 0.356 e. The van der Waals surface area contributed by atoms with Gasteiger partial charge in [0, 0.05) is 48.8 Å². The second kappa shape index (κ2) is 14.9. The zero-order valence-corrected chi connectivity index (χ0v) is 23.7. The number of hydrogen-bond acceptors (Lipinski definition) is 4. The number of rotatable bonds is 15. The number of nitrogens with one attached hydrogen (secondary N) is 2. The molecule has 2 aromatic carbocycles. The van der Waals surface area contributed by atoms with Crippen LogP contribution in [0.2, 0.25) is 0 Å². The summed E-state index contributed by atoms with van der Waals surface area (Å²) in [6, 6.07) is 8.78. The molecule has 0 heterocycles. The maximum atomic E-state index is 13.9. The first-order valence-electron chi connectivity index (χ1n) is 14.3. The summed E-state index contributed by atoms with van der Waals surface area (Å²) in [6.07, 6.45) is 4.32. The number of carbonyl (C=O) groups is 3. The number of nitrogens with zero attached hydrogens (tertiary/aromatic N) is 1. The molecule has 2 aromatic rings. The van der Waals surface area contributed by atoms with Crippen molar-refractivity contribution < 1.29 is 23.2 Å². The van der Waals surface area contributed by atoms with Gasteiger partial charge in [0.25, 0.3) is 11.8 Å². The predicted molar refractivity (Wildman–Crippen MR) is 152 cm³/mol. The second-order valence-corrected chi connectivity index (χ2v) is 10.9. The van der Waals surface area contributed by atoms with Gasteiger partial charge in [-0.25, -0.2) is 8.78 Å². The van der Waals surface area contributed by atoms with Crippen LogP contribution in [-0.4, -0.2) is 54.3 Å². The van der Waals surface area contributed by atoms with Crippen LogP contribution < -0.4 is 16.4 Å². The molecule has 3 amide bonds. The van der Waals surface area contributed by atoms with Crippen molar-refractivity contribution in [1.29, 1.82) is 0 Å². The average molecular weight is 557 g/mol. The molecule has 218 valence electrons. The van der Waals surface area contributed by atoms with Gasteiger partial charge in [-0.3, -0.25) is 14.4 Å². The van der Waals surface area contributed by atoms with Crippen molar-refractivity contribution in [2.75, 3.05) is 19.6 Å². The highest BCUT2D eigenvalue weighted by Crippen LogP contribution is 2.27. The molecule has 0 radical (unpaired) electrons. The fourth-order valence-corrected chi connectivity index (χ4v) is 4.73. The lowest BCUT2D eigenvalue weighted by Crippen LogP contribution is -2.50. The Hall–Kier alpha value is -3.33. The third kappa shape index (κ3) is 9.11. The van der Waals surface area contributed by atoms with E-state index in [4.69, 9.17) is 5.73 Å². The topological polar surface area (TPSA) is 105 Å². The minimum atomic E-state index is -0.987. The number of halogens is 2. The van der Waals surface area contributed by atoms with Gasteiger partial charge in [-0.05, 0) is 80.3 Å². The first-order chi connectivity index (χ1) is 19.1. The summed E-state index contributed by atoms with van der Waals surface area (Å²) >= 11 is 0. The summed E-state index contributed by atoms with van der Waals surface area (Å²) < 4.78 is 27.5. The van der Waals surface area contributed by atoms with E-state index in [0.29, 0.717) is 36.7 Å². The minimum Gasteiger partial charge on any atom is -0.356 e. The van der Waals surface area contributed by atoms with Crippen molar-refractivity contribution in [3.8, 4) is 0 Å². The molecule has 1 aliphatic rings. The van der Waals surface area contributed by atoms with Crippen molar-refractivity contribution in [1.82, 2.24) is 15.5 Å². The van der Waals surface area contributed by atoms with E-state index < -0.39 is 35.5 Å². The van der Waals surface area contributed by atoms with Crippen molar-refractivity contribution in [3.63, 3.8) is 0 Å². The lowest BCUT2D eigenvalue weighted by molar-refractivity contribution is -0.124. The molecule has 0 spiro atoms. The van der Waals surface area contributed by atoms with Gasteiger partial charge in [0.2, 0.25) is 5.91 Å². The van der Waals surface area contributed by atoms with E-state index in [9.17, 15) is 23.2 Å². The number of benzene rings is 2. The summed E-state index contributed by atoms with van der Waals surface area (Å²) in [5.74, 6) is -2.49. The van der Waals surface area contributed by atoms with Crippen LogP contribution in [-0.2, 0) is 11.2 Å². The standard InChI is InChI=1S/C31H42F2N4O3/c1-4-13-37(14-5-2)31(40)24-8-6-7-23(18-24)30(39)36-28(17-22-11-12-25(32)26(33)16-22)27(34)15-20(3)29(38)35-19-21-9-10-21/h6-8,11-12,16,18,20-21,27-28H,4-5,9-10,13-15,17,19,34H2,1-3H3,(H,35,38)(H,36,39)/t20-,27+,28+/m1/s1. The van der Waals surface area contributed by atoms with Crippen LogP contribution in [0.3, 0.4) is 0 Å². The first kappa shape index (κ1) is 31.2. The molecule has 0 unspecified atom stereocenters. The Morgan fingerprint density at radius 3 is 2.30 bits per heavy atom. The molecule has 0 aromatic heterocycles. The summed E-state index contributed by atoms with van der Waals surface area (Å²) in [7, 11) is 0. The van der Waals surface area contributed by atoms with Crippen molar-refractivity contribution in [2.24, 2.45) is 17.6 Å². The van der Waals surface area contributed by atoms with Gasteiger partial charge in [0.05, 0.1) is 0 Å². The highest BCUT2D eigenvalue weighted by molar-refractivity contribution is 5.99. The zero-order valence-electron chi connectivity index (χ0n) is 23.7. The molecule has 7 nitrogen and oxygen atoms in total. The quantitative estimate of drug-likeness (QED) is 0.302. The van der Waals surface area contributed by atoms with Crippen molar-refractivity contribution in [2.45, 2.75) is 71.4 Å². The zero-order chi connectivity index (χ0) is 29.2. The molecule has 0 bridgehead atoms. The first-order valence-corrected chi connectivity index (χ1v) is 14.3. The minimum absolute atomic E-state index is 0.102. The van der Waals surface area contributed by atoms with Gasteiger partial charge in [-0.15, -0.1) is 0 Å². The van der Waals surface area contributed by atoms with E-state index in [-0.39, 0.29) is 30.2 Å². The molecule has 0 saturated heterocycles. The molecule has 9 heteroatoms. The second-order valence-electron chi connectivity index (χ2n) is 10.9.